The number of halogens is 1. The highest BCUT2D eigenvalue weighted by Crippen LogP contribution is 2.49. The Hall–Kier alpha value is -2.38. The topological polar surface area (TPSA) is 154 Å². The van der Waals surface area contributed by atoms with Crippen LogP contribution >= 0.6 is 6.64 Å². The molecule has 204 valence electrons. The van der Waals surface area contributed by atoms with E-state index in [9.17, 15) is 9.90 Å². The van der Waals surface area contributed by atoms with Crippen molar-refractivity contribution in [1.29, 1.82) is 0 Å². The number of carbonyl (C=O) groups excluding carboxylic acids is 1. The number of esters is 1. The highest BCUT2D eigenvalue weighted by molar-refractivity contribution is 8.09. The van der Waals surface area contributed by atoms with Gasteiger partial charge in [0.2, 0.25) is 0 Å². The van der Waals surface area contributed by atoms with Crippen molar-refractivity contribution in [3.63, 3.8) is 0 Å². The van der Waals surface area contributed by atoms with Gasteiger partial charge in [-0.1, -0.05) is 24.8 Å². The zero-order chi connectivity index (χ0) is 27.6. The molecular weight excluding hydrogens is 524 g/mol. The van der Waals surface area contributed by atoms with Gasteiger partial charge in [0.25, 0.3) is 5.85 Å². The minimum absolute atomic E-state index is 0.149. The SMILES string of the molecule is C=C1N=C(N)C=CN1[C@@H]1O[C@](F)(COP(=S)(NC(C)C(=O)OC(C)C)Oc2ccccc2)[C@@H](O)[C@@]1(C)N. The summed E-state index contributed by atoms with van der Waals surface area (Å²) in [6, 6.07) is 7.51. The lowest BCUT2D eigenvalue weighted by molar-refractivity contribution is -0.205. The number of aliphatic hydroxyl groups is 1. The molecule has 0 aliphatic carbocycles. The monoisotopic (exact) mass is 557 g/mol. The summed E-state index contributed by atoms with van der Waals surface area (Å²) < 4.78 is 38.6. The predicted molar refractivity (Wildman–Crippen MR) is 140 cm³/mol. The molecular formula is C23H33FN5O6PS. The number of nitrogens with two attached hydrogens (primary N) is 2. The van der Waals surface area contributed by atoms with Gasteiger partial charge in [0.05, 0.1) is 11.6 Å². The first kappa shape index (κ1) is 29.2. The molecule has 3 rings (SSSR count). The van der Waals surface area contributed by atoms with Crippen molar-refractivity contribution in [2.24, 2.45) is 16.5 Å². The van der Waals surface area contributed by atoms with Crippen LogP contribution in [0.25, 0.3) is 0 Å². The fraction of sp³-hybridized carbons (Fsp3) is 0.478. The van der Waals surface area contributed by atoms with Crippen LogP contribution in [0.3, 0.4) is 0 Å². The van der Waals surface area contributed by atoms with E-state index in [-0.39, 0.29) is 17.8 Å². The molecule has 37 heavy (non-hydrogen) atoms. The molecule has 2 heterocycles. The van der Waals surface area contributed by atoms with Gasteiger partial charge in [0.15, 0.2) is 6.23 Å². The average molecular weight is 558 g/mol. The molecule has 6 N–H and O–H groups in total. The average Bonchev–Trinajstić information content (AvgIpc) is 2.98. The van der Waals surface area contributed by atoms with Crippen molar-refractivity contribution in [2.75, 3.05) is 6.61 Å². The molecule has 11 nitrogen and oxygen atoms in total. The van der Waals surface area contributed by atoms with E-state index >= 15 is 4.39 Å². The molecule has 0 bridgehead atoms. The van der Waals surface area contributed by atoms with Crippen molar-refractivity contribution in [2.45, 2.75) is 63.6 Å². The minimum atomic E-state index is -3.60. The lowest BCUT2D eigenvalue weighted by Crippen LogP contribution is -2.59. The second-order valence-electron chi connectivity index (χ2n) is 9.21. The number of amidine groups is 1. The number of carbonyl (C=O) groups is 1. The highest BCUT2D eigenvalue weighted by Gasteiger charge is 2.63. The second kappa shape index (κ2) is 11.2. The molecule has 0 aromatic heterocycles. The molecule has 2 unspecified atom stereocenters. The van der Waals surface area contributed by atoms with Crippen LogP contribution in [0.15, 0.2) is 60.0 Å². The molecule has 2 aliphatic heterocycles. The molecule has 1 aromatic carbocycles. The maximum absolute atomic E-state index is 16.1. The Kier molecular flexibility index (Phi) is 8.80. The first-order valence-corrected chi connectivity index (χ1v) is 14.1. The molecule has 0 radical (unpaired) electrons. The standard InChI is InChI=1S/C23H33FN5O6PS/c1-14(2)33-19(30)15(3)28-36(37,35-17-9-7-6-8-10-17)32-13-23(24)20(31)22(5,26)21(34-23)29-12-11-18(25)27-16(29)4/h6-12,14-15,20-21,31H,4,13,26H2,1-3,5H3,(H2,25,27)(H,28,37)/t15?,20-,21+,22+,23+,36?/m0/s1. The van der Waals surface area contributed by atoms with Crippen LogP contribution in [-0.2, 0) is 30.6 Å². The Labute approximate surface area is 220 Å². The number of hydrogen-bond acceptors (Lipinski definition) is 11. The first-order valence-electron chi connectivity index (χ1n) is 11.5. The van der Waals surface area contributed by atoms with Gasteiger partial charge in [0, 0.05) is 6.20 Å². The fourth-order valence-electron chi connectivity index (χ4n) is 3.65. The summed E-state index contributed by atoms with van der Waals surface area (Å²) >= 11 is 5.60. The molecule has 1 aromatic rings. The summed E-state index contributed by atoms with van der Waals surface area (Å²) in [6.45, 7) is 5.66. The number of nitrogens with one attached hydrogen (secondary N) is 1. The number of aliphatic imine (C=N–C) groups is 1. The Morgan fingerprint density at radius 1 is 1.41 bits per heavy atom. The van der Waals surface area contributed by atoms with Crippen LogP contribution < -0.4 is 21.1 Å². The molecule has 14 heteroatoms. The van der Waals surface area contributed by atoms with Crippen LogP contribution in [0.1, 0.15) is 27.7 Å². The maximum Gasteiger partial charge on any atom is 0.323 e. The van der Waals surface area contributed by atoms with E-state index in [0.717, 1.165) is 0 Å². The Balaban J connectivity index is 1.82. The fourth-order valence-corrected chi connectivity index (χ4v) is 6.05. The number of rotatable bonds is 10. The van der Waals surface area contributed by atoms with Crippen LogP contribution in [0, 0.1) is 0 Å². The van der Waals surface area contributed by atoms with Gasteiger partial charge >= 0.3 is 12.6 Å². The Morgan fingerprint density at radius 3 is 2.65 bits per heavy atom. The molecule has 2 aliphatic rings. The van der Waals surface area contributed by atoms with E-state index in [1.807, 2.05) is 0 Å². The molecule has 1 saturated heterocycles. The van der Waals surface area contributed by atoms with Crippen LogP contribution in [0.4, 0.5) is 4.39 Å². The first-order chi connectivity index (χ1) is 17.2. The Morgan fingerprint density at radius 2 is 2.05 bits per heavy atom. The van der Waals surface area contributed by atoms with Gasteiger partial charge in [-0.15, -0.1) is 0 Å². The maximum atomic E-state index is 16.1. The zero-order valence-electron chi connectivity index (χ0n) is 21.0. The van der Waals surface area contributed by atoms with Gasteiger partial charge in [0.1, 0.15) is 36.2 Å². The van der Waals surface area contributed by atoms with Crippen molar-refractivity contribution in [1.82, 2.24) is 9.99 Å². The van der Waals surface area contributed by atoms with Gasteiger partial charge in [-0.05, 0) is 57.7 Å². The number of benzene rings is 1. The number of alkyl halides is 1. The lowest BCUT2D eigenvalue weighted by atomic mass is 9.92. The minimum Gasteiger partial charge on any atom is -0.462 e. The number of hydrogen-bond donors (Lipinski definition) is 4. The van der Waals surface area contributed by atoms with Crippen molar-refractivity contribution in [3.05, 3.63) is 55.0 Å². The number of para-hydroxylation sites is 1. The third-order valence-electron chi connectivity index (χ3n) is 5.51. The van der Waals surface area contributed by atoms with E-state index in [1.165, 1.54) is 31.0 Å². The summed E-state index contributed by atoms with van der Waals surface area (Å²) in [5, 5.41) is 13.7. The van der Waals surface area contributed by atoms with E-state index in [4.69, 9.17) is 41.8 Å². The van der Waals surface area contributed by atoms with E-state index in [0.29, 0.717) is 5.75 Å². The summed E-state index contributed by atoms with van der Waals surface area (Å²) in [4.78, 5) is 17.8. The second-order valence-corrected chi connectivity index (χ2v) is 12.3. The third-order valence-corrected chi connectivity index (χ3v) is 7.99. The molecule has 6 atom stereocenters. The van der Waals surface area contributed by atoms with Crippen molar-refractivity contribution < 1.29 is 32.8 Å². The van der Waals surface area contributed by atoms with Crippen LogP contribution in [0.5, 0.6) is 5.75 Å². The number of aliphatic hydroxyl groups excluding tert-OH is 1. The Bertz CT molecular complexity index is 1120. The molecule has 0 saturated carbocycles. The van der Waals surface area contributed by atoms with Gasteiger partial charge in [-0.3, -0.25) is 4.79 Å². The summed E-state index contributed by atoms with van der Waals surface area (Å²) in [5.41, 5.74) is 10.4. The van der Waals surface area contributed by atoms with Gasteiger partial charge < -0.3 is 40.0 Å². The number of nitrogens with zero attached hydrogens (tertiary/aromatic N) is 2. The summed E-state index contributed by atoms with van der Waals surface area (Å²) in [6.07, 6.45) is -0.481. The van der Waals surface area contributed by atoms with Crippen molar-refractivity contribution in [3.8, 4) is 5.75 Å². The molecule has 0 amide bonds. The van der Waals surface area contributed by atoms with E-state index in [2.05, 4.69) is 16.7 Å². The smallest absolute Gasteiger partial charge is 0.323 e. The summed E-state index contributed by atoms with van der Waals surface area (Å²) in [7, 11) is 0. The molecule has 1 fully saturated rings. The van der Waals surface area contributed by atoms with E-state index < -0.39 is 49.0 Å². The lowest BCUT2D eigenvalue weighted by Gasteiger charge is -2.36. The zero-order valence-corrected chi connectivity index (χ0v) is 22.7. The quantitative estimate of drug-likeness (QED) is 0.247. The van der Waals surface area contributed by atoms with Crippen LogP contribution in [0.2, 0.25) is 0 Å². The highest BCUT2D eigenvalue weighted by atomic mass is 32.5. The van der Waals surface area contributed by atoms with Crippen molar-refractivity contribution >= 4 is 30.3 Å². The van der Waals surface area contributed by atoms with E-state index in [1.54, 1.807) is 44.2 Å². The normalized spacial score (nSPS) is 30.1. The summed E-state index contributed by atoms with van der Waals surface area (Å²) in [5.74, 6) is -2.72. The largest absolute Gasteiger partial charge is 0.462 e. The number of ether oxygens (including phenoxy) is 2. The third kappa shape index (κ3) is 6.74. The van der Waals surface area contributed by atoms with Gasteiger partial charge in [-0.2, -0.15) is 0 Å². The van der Waals surface area contributed by atoms with Gasteiger partial charge in [-0.25, -0.2) is 14.5 Å². The predicted octanol–water partition coefficient (Wildman–Crippen LogP) is 1.99. The molecule has 0 spiro atoms. The van der Waals surface area contributed by atoms with Crippen LogP contribution in [-0.4, -0.2) is 64.3 Å².